The molecular weight excluding hydrogens is 406 g/mol. The number of rotatable bonds is 9. The summed E-state index contributed by atoms with van der Waals surface area (Å²) in [4.78, 5) is 31.3. The molecule has 2 heterocycles. The normalized spacial score (nSPS) is 12.1. The first-order valence-corrected chi connectivity index (χ1v) is 10.5. The van der Waals surface area contributed by atoms with Crippen molar-refractivity contribution in [2.75, 3.05) is 20.2 Å². The minimum Gasteiger partial charge on any atom is -0.497 e. The predicted molar refractivity (Wildman–Crippen MR) is 125 cm³/mol. The summed E-state index contributed by atoms with van der Waals surface area (Å²) in [6, 6.07) is 13.0. The molecule has 166 valence electrons. The van der Waals surface area contributed by atoms with Crippen LogP contribution in [-0.4, -0.2) is 48.0 Å². The molecule has 0 aliphatic rings. The van der Waals surface area contributed by atoms with Crippen molar-refractivity contribution in [2.24, 2.45) is 5.73 Å². The molecule has 4 aromatic rings. The van der Waals surface area contributed by atoms with E-state index in [0.717, 1.165) is 38.7 Å². The summed E-state index contributed by atoms with van der Waals surface area (Å²) in [5.74, 6) is 0.175. The monoisotopic (exact) mass is 433 g/mol. The van der Waals surface area contributed by atoms with Crippen molar-refractivity contribution in [1.82, 2.24) is 20.6 Å². The number of fused-ring (bicyclic) bond motifs is 2. The van der Waals surface area contributed by atoms with E-state index in [1.165, 1.54) is 0 Å². The largest absolute Gasteiger partial charge is 0.497 e. The highest BCUT2D eigenvalue weighted by Crippen LogP contribution is 2.24. The number of ether oxygens (including phenoxy) is 1. The lowest BCUT2D eigenvalue weighted by molar-refractivity contribution is -0.128. The van der Waals surface area contributed by atoms with Crippen molar-refractivity contribution in [3.8, 4) is 5.75 Å². The average Bonchev–Trinajstić information content (AvgIpc) is 3.42. The molecule has 1 atom stereocenters. The summed E-state index contributed by atoms with van der Waals surface area (Å²) in [6.07, 6.45) is 4.82. The highest BCUT2D eigenvalue weighted by molar-refractivity contribution is 5.90. The van der Waals surface area contributed by atoms with Gasteiger partial charge in [-0.3, -0.25) is 9.59 Å². The van der Waals surface area contributed by atoms with Gasteiger partial charge in [0.1, 0.15) is 11.8 Å². The number of methoxy groups -OCH3 is 1. The predicted octanol–water partition coefficient (Wildman–Crippen LogP) is 2.00. The van der Waals surface area contributed by atoms with Crippen LogP contribution in [0.1, 0.15) is 11.1 Å². The molecule has 8 heteroatoms. The Morgan fingerprint density at radius 1 is 1.03 bits per heavy atom. The topological polar surface area (TPSA) is 125 Å². The first kappa shape index (κ1) is 21.5. The molecule has 6 N–H and O–H groups in total. The Hall–Kier alpha value is -3.78. The fraction of sp³-hybridized carbons (Fsp3) is 0.250. The highest BCUT2D eigenvalue weighted by Gasteiger charge is 2.22. The summed E-state index contributed by atoms with van der Waals surface area (Å²) in [6.45, 7) is 0.265. The van der Waals surface area contributed by atoms with Gasteiger partial charge in [0.15, 0.2) is 0 Å². The molecule has 2 amide bonds. The molecule has 4 rings (SSSR count). The number of carbonyl (C=O) groups is 2. The summed E-state index contributed by atoms with van der Waals surface area (Å²) in [5, 5.41) is 7.79. The van der Waals surface area contributed by atoms with Gasteiger partial charge in [-0.05, 0) is 41.8 Å². The van der Waals surface area contributed by atoms with Crippen LogP contribution in [0.4, 0.5) is 0 Å². The molecule has 2 aromatic carbocycles. The van der Waals surface area contributed by atoms with Gasteiger partial charge in [-0.15, -0.1) is 0 Å². The maximum absolute atomic E-state index is 12.9. The average molecular weight is 434 g/mol. The molecular formula is C24H27N5O3. The lowest BCUT2D eigenvalue weighted by Gasteiger charge is -2.18. The zero-order valence-electron chi connectivity index (χ0n) is 17.9. The number of nitrogens with two attached hydrogens (primary N) is 1. The number of nitrogens with one attached hydrogen (secondary N) is 4. The Bertz CT molecular complexity index is 1240. The second kappa shape index (κ2) is 9.57. The number of aromatic nitrogens is 2. The highest BCUT2D eigenvalue weighted by atomic mass is 16.5. The Balaban J connectivity index is 1.44. The summed E-state index contributed by atoms with van der Waals surface area (Å²) in [7, 11) is 1.64. The van der Waals surface area contributed by atoms with Gasteiger partial charge in [0.25, 0.3) is 0 Å². The van der Waals surface area contributed by atoms with E-state index in [2.05, 4.69) is 20.6 Å². The summed E-state index contributed by atoms with van der Waals surface area (Å²) >= 11 is 0. The van der Waals surface area contributed by atoms with Gasteiger partial charge >= 0.3 is 0 Å². The number of H-pyrrole nitrogens is 2. The van der Waals surface area contributed by atoms with Crippen LogP contribution in [0.3, 0.4) is 0 Å². The number of amides is 2. The molecule has 0 aliphatic heterocycles. The van der Waals surface area contributed by atoms with Crippen LogP contribution >= 0.6 is 0 Å². The quantitative estimate of drug-likeness (QED) is 0.277. The zero-order valence-corrected chi connectivity index (χ0v) is 17.9. The van der Waals surface area contributed by atoms with Gasteiger partial charge in [-0.25, -0.2) is 0 Å². The van der Waals surface area contributed by atoms with E-state index in [-0.39, 0.29) is 18.4 Å². The molecule has 0 spiro atoms. The number of hydrogen-bond acceptors (Lipinski definition) is 4. The molecule has 0 bridgehead atoms. The van der Waals surface area contributed by atoms with Crippen molar-refractivity contribution >= 4 is 33.6 Å². The first-order chi connectivity index (χ1) is 15.6. The lowest BCUT2D eigenvalue weighted by Crippen LogP contribution is -2.49. The summed E-state index contributed by atoms with van der Waals surface area (Å²) in [5.41, 5.74) is 9.50. The minimum absolute atomic E-state index is 0.172. The van der Waals surface area contributed by atoms with E-state index >= 15 is 0 Å². The number of carbonyl (C=O) groups excluding carboxylic acids is 2. The maximum atomic E-state index is 12.9. The summed E-state index contributed by atoms with van der Waals surface area (Å²) < 4.78 is 5.31. The third-order valence-corrected chi connectivity index (χ3v) is 5.60. The van der Waals surface area contributed by atoms with Gasteiger partial charge < -0.3 is 31.1 Å². The van der Waals surface area contributed by atoms with Crippen LogP contribution in [-0.2, 0) is 22.4 Å². The molecule has 2 aromatic heterocycles. The number of benzene rings is 2. The molecule has 0 fully saturated rings. The van der Waals surface area contributed by atoms with Gasteiger partial charge in [0.05, 0.1) is 13.7 Å². The molecule has 32 heavy (non-hydrogen) atoms. The van der Waals surface area contributed by atoms with Gasteiger partial charge in [-0.1, -0.05) is 18.2 Å². The van der Waals surface area contributed by atoms with Crippen LogP contribution in [0.2, 0.25) is 0 Å². The maximum Gasteiger partial charge on any atom is 0.242 e. The third kappa shape index (κ3) is 4.60. The number of aromatic amines is 2. The van der Waals surface area contributed by atoms with Crippen LogP contribution in [0.25, 0.3) is 21.8 Å². The smallest absolute Gasteiger partial charge is 0.242 e. The van der Waals surface area contributed by atoms with Crippen molar-refractivity contribution in [3.63, 3.8) is 0 Å². The van der Waals surface area contributed by atoms with E-state index < -0.39 is 6.04 Å². The fourth-order valence-electron chi connectivity index (χ4n) is 3.92. The van der Waals surface area contributed by atoms with E-state index in [1.807, 2.05) is 54.9 Å². The lowest BCUT2D eigenvalue weighted by atomic mass is 10.0. The Kier molecular flexibility index (Phi) is 6.42. The fourth-order valence-corrected chi connectivity index (χ4v) is 3.92. The first-order valence-electron chi connectivity index (χ1n) is 10.5. The van der Waals surface area contributed by atoms with Gasteiger partial charge in [0.2, 0.25) is 11.8 Å². The zero-order chi connectivity index (χ0) is 22.5. The molecule has 0 aliphatic carbocycles. The molecule has 0 radical (unpaired) electrons. The number of hydrogen-bond donors (Lipinski definition) is 5. The van der Waals surface area contributed by atoms with Crippen molar-refractivity contribution in [1.29, 1.82) is 0 Å². The SMILES string of the molecule is COc1ccc2[nH]cc(CCNC(=O)[C@H](Cc3c[nH]c4ccccc34)NC(=O)CN)c2c1. The number of para-hydroxylation sites is 1. The molecule has 0 saturated carbocycles. The van der Waals surface area contributed by atoms with Crippen molar-refractivity contribution in [2.45, 2.75) is 18.9 Å². The van der Waals surface area contributed by atoms with E-state index in [4.69, 9.17) is 10.5 Å². The standard InChI is InChI=1S/C24H27N5O3/c1-32-17-6-7-21-19(11-17)15(13-27-21)8-9-26-24(31)22(29-23(30)12-25)10-16-14-28-20-5-3-2-4-18(16)20/h2-7,11,13-14,22,27-28H,8-10,12,25H2,1H3,(H,26,31)(H,29,30)/t22-/m0/s1. The third-order valence-electron chi connectivity index (χ3n) is 5.60. The van der Waals surface area contributed by atoms with Crippen LogP contribution in [0, 0.1) is 0 Å². The Labute approximate surface area is 185 Å². The molecule has 8 nitrogen and oxygen atoms in total. The van der Waals surface area contributed by atoms with Crippen molar-refractivity contribution < 1.29 is 14.3 Å². The molecule has 0 unspecified atom stereocenters. The van der Waals surface area contributed by atoms with E-state index in [1.54, 1.807) is 7.11 Å². The van der Waals surface area contributed by atoms with E-state index in [9.17, 15) is 9.59 Å². The second-order valence-corrected chi connectivity index (χ2v) is 7.65. The van der Waals surface area contributed by atoms with Gasteiger partial charge in [-0.2, -0.15) is 0 Å². The Morgan fingerprint density at radius 3 is 2.56 bits per heavy atom. The van der Waals surface area contributed by atoms with Crippen LogP contribution in [0.15, 0.2) is 54.9 Å². The minimum atomic E-state index is -0.715. The van der Waals surface area contributed by atoms with Crippen molar-refractivity contribution in [3.05, 3.63) is 66.0 Å². The second-order valence-electron chi connectivity index (χ2n) is 7.65. The van der Waals surface area contributed by atoms with E-state index in [0.29, 0.717) is 19.4 Å². The van der Waals surface area contributed by atoms with Crippen LogP contribution < -0.4 is 21.1 Å². The van der Waals surface area contributed by atoms with Gasteiger partial charge in [0, 0.05) is 47.2 Å². The molecule has 0 saturated heterocycles. The Morgan fingerprint density at radius 2 is 1.78 bits per heavy atom. The van der Waals surface area contributed by atoms with Crippen LogP contribution in [0.5, 0.6) is 5.75 Å².